The van der Waals surface area contributed by atoms with Crippen LogP contribution in [0, 0.1) is 12.7 Å². The van der Waals surface area contributed by atoms with E-state index >= 15 is 0 Å². The zero-order chi connectivity index (χ0) is 15.8. The molecule has 0 saturated heterocycles. The second kappa shape index (κ2) is 5.61. The summed E-state index contributed by atoms with van der Waals surface area (Å²) in [6.07, 6.45) is 0. The molecule has 2 rings (SSSR count). The first kappa shape index (κ1) is 15.7. The molecule has 0 radical (unpaired) electrons. The minimum atomic E-state index is -0.403. The van der Waals surface area contributed by atoms with Gasteiger partial charge in [0.25, 0.3) is 0 Å². The first-order chi connectivity index (χ1) is 9.70. The average molecular weight is 305 g/mol. The van der Waals surface area contributed by atoms with Crippen LogP contribution in [0.5, 0.6) is 0 Å². The summed E-state index contributed by atoms with van der Waals surface area (Å²) in [6, 6.07) is 10.1. The third-order valence-corrected chi connectivity index (χ3v) is 3.82. The zero-order valence-electron chi connectivity index (χ0n) is 12.6. The number of halogens is 2. The normalized spacial score (nSPS) is 11.5. The van der Waals surface area contributed by atoms with E-state index in [9.17, 15) is 9.18 Å². The zero-order valence-corrected chi connectivity index (χ0v) is 13.4. The first-order valence-corrected chi connectivity index (χ1v) is 7.19. The second-order valence-corrected chi connectivity index (χ2v) is 6.64. The number of carbonyl (C=O) groups excluding carboxylic acids is 1. The molecule has 3 heteroatoms. The van der Waals surface area contributed by atoms with Crippen LogP contribution >= 0.6 is 11.6 Å². The summed E-state index contributed by atoms with van der Waals surface area (Å²) >= 11 is 5.99. The topological polar surface area (TPSA) is 17.1 Å². The summed E-state index contributed by atoms with van der Waals surface area (Å²) in [4.78, 5) is 12.5. The molecule has 0 heterocycles. The van der Waals surface area contributed by atoms with Gasteiger partial charge in [-0.05, 0) is 35.6 Å². The van der Waals surface area contributed by atoms with E-state index < -0.39 is 5.82 Å². The third kappa shape index (κ3) is 3.33. The molecule has 0 spiro atoms. The highest BCUT2D eigenvalue weighted by molar-refractivity contribution is 6.35. The highest BCUT2D eigenvalue weighted by atomic mass is 35.5. The molecule has 2 aromatic rings. The molecule has 0 aromatic heterocycles. The summed E-state index contributed by atoms with van der Waals surface area (Å²) < 4.78 is 13.4. The van der Waals surface area contributed by atoms with E-state index in [4.69, 9.17) is 11.6 Å². The molecule has 110 valence electrons. The van der Waals surface area contributed by atoms with Gasteiger partial charge in [0.1, 0.15) is 5.82 Å². The third-order valence-electron chi connectivity index (χ3n) is 3.51. The Hall–Kier alpha value is -1.67. The van der Waals surface area contributed by atoms with Crippen molar-refractivity contribution in [2.24, 2.45) is 0 Å². The van der Waals surface area contributed by atoms with Crippen LogP contribution in [0.1, 0.15) is 47.8 Å². The lowest BCUT2D eigenvalue weighted by atomic mass is 9.86. The van der Waals surface area contributed by atoms with Gasteiger partial charge in [-0.1, -0.05) is 56.6 Å². The van der Waals surface area contributed by atoms with Crippen molar-refractivity contribution in [1.82, 2.24) is 0 Å². The Morgan fingerprint density at radius 3 is 2.19 bits per heavy atom. The van der Waals surface area contributed by atoms with Gasteiger partial charge in [0.05, 0.1) is 5.02 Å². The molecule has 0 bridgehead atoms. The summed E-state index contributed by atoms with van der Waals surface area (Å²) in [5.74, 6) is -0.594. The number of hydrogen-bond donors (Lipinski definition) is 0. The van der Waals surface area contributed by atoms with E-state index in [0.717, 1.165) is 5.56 Å². The predicted molar refractivity (Wildman–Crippen MR) is 84.7 cm³/mol. The summed E-state index contributed by atoms with van der Waals surface area (Å²) in [5, 5.41) is 0.142. The Morgan fingerprint density at radius 2 is 1.67 bits per heavy atom. The fraction of sp³-hybridized carbons (Fsp3) is 0.278. The van der Waals surface area contributed by atoms with E-state index in [-0.39, 0.29) is 16.2 Å². The lowest BCUT2D eigenvalue weighted by Crippen LogP contribution is -2.11. The lowest BCUT2D eigenvalue weighted by molar-refractivity contribution is 0.103. The van der Waals surface area contributed by atoms with Gasteiger partial charge in [-0.2, -0.15) is 0 Å². The SMILES string of the molecule is Cc1cc(C(=O)c2ccc(C(C)(C)C)cc2)c(Cl)cc1F. The summed E-state index contributed by atoms with van der Waals surface area (Å²) in [7, 11) is 0. The molecular formula is C18H18ClFO. The van der Waals surface area contributed by atoms with Crippen molar-refractivity contribution in [2.75, 3.05) is 0 Å². The van der Waals surface area contributed by atoms with Crippen LogP contribution in [-0.2, 0) is 5.41 Å². The van der Waals surface area contributed by atoms with Crippen LogP contribution in [0.4, 0.5) is 4.39 Å². The molecule has 0 fully saturated rings. The van der Waals surface area contributed by atoms with E-state index in [1.807, 2.05) is 12.1 Å². The number of ketones is 1. The molecular weight excluding hydrogens is 287 g/mol. The van der Waals surface area contributed by atoms with Gasteiger partial charge in [-0.15, -0.1) is 0 Å². The quantitative estimate of drug-likeness (QED) is 0.687. The second-order valence-electron chi connectivity index (χ2n) is 6.24. The smallest absolute Gasteiger partial charge is 0.194 e. The fourth-order valence-corrected chi connectivity index (χ4v) is 2.34. The van der Waals surface area contributed by atoms with Crippen molar-refractivity contribution in [3.63, 3.8) is 0 Å². The van der Waals surface area contributed by atoms with E-state index in [1.165, 1.54) is 12.1 Å². The number of carbonyl (C=O) groups is 1. The molecule has 0 N–H and O–H groups in total. The minimum absolute atomic E-state index is 0.0334. The van der Waals surface area contributed by atoms with E-state index in [2.05, 4.69) is 20.8 Å². The number of rotatable bonds is 2. The van der Waals surface area contributed by atoms with Gasteiger partial charge in [-0.3, -0.25) is 4.79 Å². The maximum Gasteiger partial charge on any atom is 0.194 e. The van der Waals surface area contributed by atoms with Gasteiger partial charge in [0, 0.05) is 11.1 Å². The Morgan fingerprint density at radius 1 is 1.10 bits per heavy atom. The Balaban J connectivity index is 2.39. The largest absolute Gasteiger partial charge is 0.289 e. The van der Waals surface area contributed by atoms with Gasteiger partial charge in [0.2, 0.25) is 0 Å². The van der Waals surface area contributed by atoms with Crippen LogP contribution in [0.25, 0.3) is 0 Å². The van der Waals surface area contributed by atoms with Crippen molar-refractivity contribution in [1.29, 1.82) is 0 Å². The maximum absolute atomic E-state index is 13.4. The van der Waals surface area contributed by atoms with Crippen LogP contribution in [0.15, 0.2) is 36.4 Å². The van der Waals surface area contributed by atoms with Crippen molar-refractivity contribution >= 4 is 17.4 Å². The van der Waals surface area contributed by atoms with Gasteiger partial charge in [0.15, 0.2) is 5.78 Å². The number of hydrogen-bond acceptors (Lipinski definition) is 1. The van der Waals surface area contributed by atoms with Crippen molar-refractivity contribution in [3.05, 3.63) is 69.5 Å². The van der Waals surface area contributed by atoms with E-state index in [1.54, 1.807) is 19.1 Å². The highest BCUT2D eigenvalue weighted by Crippen LogP contribution is 2.26. The summed E-state index contributed by atoms with van der Waals surface area (Å²) in [6.45, 7) is 7.96. The van der Waals surface area contributed by atoms with Crippen molar-refractivity contribution < 1.29 is 9.18 Å². The molecule has 1 nitrogen and oxygen atoms in total. The predicted octanol–water partition coefficient (Wildman–Crippen LogP) is 5.32. The standard InChI is InChI=1S/C18H18ClFO/c1-11-9-14(15(19)10-16(11)20)17(21)12-5-7-13(8-6-12)18(2,3)4/h5-10H,1-4H3. The molecule has 0 saturated carbocycles. The minimum Gasteiger partial charge on any atom is -0.289 e. The molecule has 21 heavy (non-hydrogen) atoms. The molecule has 0 unspecified atom stereocenters. The van der Waals surface area contributed by atoms with Gasteiger partial charge < -0.3 is 0 Å². The molecule has 2 aromatic carbocycles. The number of benzene rings is 2. The van der Waals surface area contributed by atoms with Crippen molar-refractivity contribution in [2.45, 2.75) is 33.1 Å². The molecule has 0 aliphatic carbocycles. The molecule has 0 atom stereocenters. The number of aryl methyl sites for hydroxylation is 1. The van der Waals surface area contributed by atoms with Crippen LogP contribution < -0.4 is 0 Å². The van der Waals surface area contributed by atoms with Gasteiger partial charge in [-0.25, -0.2) is 4.39 Å². The average Bonchev–Trinajstić information content (AvgIpc) is 2.41. The molecule has 0 amide bonds. The monoisotopic (exact) mass is 304 g/mol. The fourth-order valence-electron chi connectivity index (χ4n) is 2.11. The summed E-state index contributed by atoms with van der Waals surface area (Å²) in [5.41, 5.74) is 2.48. The highest BCUT2D eigenvalue weighted by Gasteiger charge is 2.17. The molecule has 0 aliphatic rings. The van der Waals surface area contributed by atoms with Crippen LogP contribution in [-0.4, -0.2) is 5.78 Å². The van der Waals surface area contributed by atoms with Crippen molar-refractivity contribution in [3.8, 4) is 0 Å². The lowest BCUT2D eigenvalue weighted by Gasteiger charge is -2.19. The Bertz CT molecular complexity index is 682. The van der Waals surface area contributed by atoms with E-state index in [0.29, 0.717) is 16.7 Å². The van der Waals surface area contributed by atoms with Crippen LogP contribution in [0.2, 0.25) is 5.02 Å². The molecule has 0 aliphatic heterocycles. The Labute approximate surface area is 129 Å². The first-order valence-electron chi connectivity index (χ1n) is 6.81. The maximum atomic E-state index is 13.4. The van der Waals surface area contributed by atoms with Crippen LogP contribution in [0.3, 0.4) is 0 Å². The van der Waals surface area contributed by atoms with Gasteiger partial charge >= 0.3 is 0 Å². The Kier molecular flexibility index (Phi) is 4.20.